The minimum atomic E-state index is 0.402. The maximum Gasteiger partial charge on any atom is 0.0701 e. The van der Waals surface area contributed by atoms with E-state index in [0.717, 1.165) is 24.2 Å². The summed E-state index contributed by atoms with van der Waals surface area (Å²) in [6.45, 7) is 0. The van der Waals surface area contributed by atoms with Crippen LogP contribution in [0.25, 0.3) is 0 Å². The van der Waals surface area contributed by atoms with Crippen molar-refractivity contribution in [1.29, 1.82) is 0 Å². The first-order valence-corrected chi connectivity index (χ1v) is 7.86. The van der Waals surface area contributed by atoms with Crippen LogP contribution < -0.4 is 5.73 Å². The molecule has 0 aliphatic heterocycles. The third-order valence-electron chi connectivity index (χ3n) is 4.28. The summed E-state index contributed by atoms with van der Waals surface area (Å²) in [6.07, 6.45) is 6.84. The fraction of sp³-hybridized carbons (Fsp3) is 0.692. The van der Waals surface area contributed by atoms with Gasteiger partial charge >= 0.3 is 0 Å². The van der Waals surface area contributed by atoms with Crippen LogP contribution in [0.4, 0.5) is 0 Å². The van der Waals surface area contributed by atoms with Crippen LogP contribution in [0.15, 0.2) is 15.9 Å². The average molecular weight is 300 g/mol. The molecule has 0 bridgehead atoms. The predicted molar refractivity (Wildman–Crippen MR) is 72.6 cm³/mol. The van der Waals surface area contributed by atoms with Gasteiger partial charge in [0, 0.05) is 10.9 Å². The zero-order valence-corrected chi connectivity index (χ0v) is 11.8. The molecule has 2 fully saturated rings. The number of halogens is 1. The maximum absolute atomic E-state index is 6.37. The van der Waals surface area contributed by atoms with E-state index in [1.54, 1.807) is 0 Å². The molecule has 1 aromatic heterocycles. The molecular formula is C13H18BrNS. The Bertz CT molecular complexity index is 364. The van der Waals surface area contributed by atoms with Gasteiger partial charge in [-0.05, 0) is 65.1 Å². The van der Waals surface area contributed by atoms with Crippen molar-refractivity contribution in [2.24, 2.45) is 23.5 Å². The Labute approximate surface area is 110 Å². The Hall–Kier alpha value is 0.140. The molecule has 3 atom stereocenters. The van der Waals surface area contributed by atoms with Crippen LogP contribution in [0.1, 0.15) is 30.6 Å². The zero-order chi connectivity index (χ0) is 11.1. The van der Waals surface area contributed by atoms with Gasteiger partial charge in [0.25, 0.3) is 0 Å². The molecule has 0 amide bonds. The van der Waals surface area contributed by atoms with E-state index >= 15 is 0 Å². The summed E-state index contributed by atoms with van der Waals surface area (Å²) in [6, 6.07) is 4.74. The fourth-order valence-corrected chi connectivity index (χ4v) is 5.07. The van der Waals surface area contributed by atoms with E-state index in [1.807, 2.05) is 11.3 Å². The third kappa shape index (κ3) is 2.09. The minimum absolute atomic E-state index is 0.402. The second kappa shape index (κ2) is 4.43. The first-order valence-electron chi connectivity index (χ1n) is 6.25. The van der Waals surface area contributed by atoms with Crippen LogP contribution in [-0.2, 0) is 6.42 Å². The number of fused-ring (bicyclic) bond motifs is 1. The molecule has 1 heterocycles. The Morgan fingerprint density at radius 1 is 1.31 bits per heavy atom. The predicted octanol–water partition coefficient (Wildman–Crippen LogP) is 3.82. The van der Waals surface area contributed by atoms with Gasteiger partial charge in [0.15, 0.2) is 0 Å². The summed E-state index contributed by atoms with van der Waals surface area (Å²) in [5.41, 5.74) is 6.37. The van der Waals surface area contributed by atoms with Gasteiger partial charge < -0.3 is 5.73 Å². The van der Waals surface area contributed by atoms with E-state index in [4.69, 9.17) is 5.73 Å². The summed E-state index contributed by atoms with van der Waals surface area (Å²) in [5.74, 6) is 2.79. The van der Waals surface area contributed by atoms with Crippen molar-refractivity contribution in [2.75, 3.05) is 0 Å². The van der Waals surface area contributed by atoms with E-state index in [9.17, 15) is 0 Å². The second-order valence-electron chi connectivity index (χ2n) is 5.26. The summed E-state index contributed by atoms with van der Waals surface area (Å²) in [7, 11) is 0. The van der Waals surface area contributed by atoms with E-state index in [0.29, 0.717) is 6.04 Å². The minimum Gasteiger partial charge on any atom is -0.327 e. The molecule has 88 valence electrons. The van der Waals surface area contributed by atoms with Crippen molar-refractivity contribution >= 4 is 27.3 Å². The number of thiophene rings is 1. The molecule has 0 spiro atoms. The van der Waals surface area contributed by atoms with Crippen LogP contribution in [-0.4, -0.2) is 6.04 Å². The van der Waals surface area contributed by atoms with Crippen molar-refractivity contribution in [3.63, 3.8) is 0 Å². The lowest BCUT2D eigenvalue weighted by Crippen LogP contribution is -2.26. The summed E-state index contributed by atoms with van der Waals surface area (Å²) in [4.78, 5) is 1.43. The van der Waals surface area contributed by atoms with Crippen LogP contribution in [0.3, 0.4) is 0 Å². The molecule has 2 N–H and O–H groups in total. The van der Waals surface area contributed by atoms with Crippen molar-refractivity contribution < 1.29 is 0 Å². The van der Waals surface area contributed by atoms with E-state index in [1.165, 1.54) is 34.3 Å². The number of rotatable bonds is 3. The third-order valence-corrected chi connectivity index (χ3v) is 5.93. The first kappa shape index (κ1) is 11.2. The molecule has 0 radical (unpaired) electrons. The number of hydrogen-bond acceptors (Lipinski definition) is 2. The van der Waals surface area contributed by atoms with Crippen LogP contribution in [0.2, 0.25) is 0 Å². The number of nitrogens with two attached hydrogens (primary N) is 1. The van der Waals surface area contributed by atoms with Crippen LogP contribution in [0, 0.1) is 17.8 Å². The summed E-state index contributed by atoms with van der Waals surface area (Å²) < 4.78 is 1.22. The maximum atomic E-state index is 6.37. The number of hydrogen-bond donors (Lipinski definition) is 1. The van der Waals surface area contributed by atoms with Gasteiger partial charge in [-0.25, -0.2) is 0 Å². The van der Waals surface area contributed by atoms with Crippen molar-refractivity contribution in [3.05, 3.63) is 20.8 Å². The van der Waals surface area contributed by atoms with Gasteiger partial charge in [0.2, 0.25) is 0 Å². The Balaban J connectivity index is 1.60. The molecule has 2 saturated carbocycles. The standard InChI is InChI=1S/C13H18BrNS/c14-12-6-5-8(16-12)7-11(15)13-9-3-1-2-4-10(9)13/h5-6,9-11,13H,1-4,7,15H2. The molecule has 2 aliphatic rings. The highest BCUT2D eigenvalue weighted by atomic mass is 79.9. The molecule has 16 heavy (non-hydrogen) atoms. The fourth-order valence-electron chi connectivity index (χ4n) is 3.51. The molecule has 0 aromatic carbocycles. The topological polar surface area (TPSA) is 26.0 Å². The van der Waals surface area contributed by atoms with Gasteiger partial charge in [0.1, 0.15) is 0 Å². The Kier molecular flexibility index (Phi) is 3.11. The van der Waals surface area contributed by atoms with Gasteiger partial charge in [-0.3, -0.25) is 0 Å². The molecule has 2 aliphatic carbocycles. The van der Waals surface area contributed by atoms with E-state index < -0.39 is 0 Å². The van der Waals surface area contributed by atoms with Gasteiger partial charge in [-0.1, -0.05) is 12.8 Å². The molecule has 1 aromatic rings. The highest BCUT2D eigenvalue weighted by molar-refractivity contribution is 9.11. The SMILES string of the molecule is NC(Cc1ccc(Br)s1)C1C2CCCCC21. The zero-order valence-electron chi connectivity index (χ0n) is 9.36. The molecular weight excluding hydrogens is 282 g/mol. The van der Waals surface area contributed by atoms with Crippen molar-refractivity contribution in [1.82, 2.24) is 0 Å². The lowest BCUT2D eigenvalue weighted by Gasteiger charge is -2.09. The normalized spacial score (nSPS) is 34.5. The molecule has 3 rings (SSSR count). The van der Waals surface area contributed by atoms with Gasteiger partial charge in [-0.2, -0.15) is 0 Å². The quantitative estimate of drug-likeness (QED) is 0.902. The van der Waals surface area contributed by atoms with Crippen molar-refractivity contribution in [3.8, 4) is 0 Å². The molecule has 0 saturated heterocycles. The van der Waals surface area contributed by atoms with Crippen LogP contribution in [0.5, 0.6) is 0 Å². The molecule has 3 unspecified atom stereocenters. The van der Waals surface area contributed by atoms with E-state index in [-0.39, 0.29) is 0 Å². The summed E-state index contributed by atoms with van der Waals surface area (Å²) >= 11 is 5.34. The van der Waals surface area contributed by atoms with Crippen molar-refractivity contribution in [2.45, 2.75) is 38.1 Å². The Morgan fingerprint density at radius 2 is 2.00 bits per heavy atom. The molecule has 3 heteroatoms. The second-order valence-corrected chi connectivity index (χ2v) is 7.81. The molecule has 1 nitrogen and oxygen atoms in total. The smallest absolute Gasteiger partial charge is 0.0701 e. The van der Waals surface area contributed by atoms with Crippen LogP contribution >= 0.6 is 27.3 Å². The monoisotopic (exact) mass is 299 g/mol. The van der Waals surface area contributed by atoms with Gasteiger partial charge in [-0.15, -0.1) is 11.3 Å². The lowest BCUT2D eigenvalue weighted by atomic mass is 10.0. The highest BCUT2D eigenvalue weighted by Crippen LogP contribution is 2.56. The summed E-state index contributed by atoms with van der Waals surface area (Å²) in [5, 5.41) is 0. The Morgan fingerprint density at radius 3 is 2.56 bits per heavy atom. The van der Waals surface area contributed by atoms with Gasteiger partial charge in [0.05, 0.1) is 3.79 Å². The largest absolute Gasteiger partial charge is 0.327 e. The first-order chi connectivity index (χ1) is 7.75. The average Bonchev–Trinajstić information content (AvgIpc) is 2.88. The highest BCUT2D eigenvalue weighted by Gasteiger charge is 2.52. The lowest BCUT2D eigenvalue weighted by molar-refractivity contribution is 0.480. The van der Waals surface area contributed by atoms with E-state index in [2.05, 4.69) is 28.1 Å².